The maximum atomic E-state index is 14.3. The third kappa shape index (κ3) is 7.89. The maximum Gasteiger partial charge on any atom is 0.408 e. The van der Waals surface area contributed by atoms with Crippen molar-refractivity contribution < 1.29 is 29.0 Å². The topological polar surface area (TPSA) is 141 Å². The lowest BCUT2D eigenvalue weighted by atomic mass is 9.73. The highest BCUT2D eigenvalue weighted by atomic mass is 16.6. The maximum absolute atomic E-state index is 14.3. The summed E-state index contributed by atoms with van der Waals surface area (Å²) < 4.78 is 5.34. The first-order valence-corrected chi connectivity index (χ1v) is 15.3. The molecule has 11 heteroatoms. The van der Waals surface area contributed by atoms with Gasteiger partial charge >= 0.3 is 6.09 Å². The zero-order valence-electron chi connectivity index (χ0n) is 27.1. The molecule has 2 aliphatic heterocycles. The minimum Gasteiger partial charge on any atom is -0.444 e. The van der Waals surface area contributed by atoms with Gasteiger partial charge in [-0.1, -0.05) is 54.6 Å². The number of aryl methyl sites for hydroxylation is 1. The van der Waals surface area contributed by atoms with Crippen molar-refractivity contribution in [1.29, 1.82) is 0 Å². The van der Waals surface area contributed by atoms with E-state index in [1.54, 1.807) is 46.6 Å². The molecule has 11 nitrogen and oxygen atoms in total. The van der Waals surface area contributed by atoms with Crippen LogP contribution in [0.5, 0.6) is 0 Å². The van der Waals surface area contributed by atoms with Crippen molar-refractivity contribution in [2.45, 2.75) is 84.1 Å². The Kier molecular flexibility index (Phi) is 10.0. The fourth-order valence-electron chi connectivity index (χ4n) is 5.90. The molecule has 3 N–H and O–H groups in total. The van der Waals surface area contributed by atoms with Crippen LogP contribution in [0, 0.1) is 5.41 Å². The van der Waals surface area contributed by atoms with Gasteiger partial charge in [-0.25, -0.2) is 9.80 Å². The molecule has 4 rings (SSSR count). The number of nitrogens with zero attached hydrogens (tertiary/aromatic N) is 3. The first-order valence-electron chi connectivity index (χ1n) is 15.3. The standard InChI is InChI=1S/C34H45N5O6/c1-32(2,3)45-31(44)36-33(4,5)29(42)35-26(17-16-24-14-10-11-15-25(24)21-40)28(41)39-19-18-27-34(22-39,30(43)38(6)37-27)20-23-12-8-7-9-13-23/h7-15,26,40H,16-22H2,1-6H3,(H,35,42)(H,36,44)/t26?,34-/m1/s1. The lowest BCUT2D eigenvalue weighted by molar-refractivity contribution is -0.142. The molecule has 0 bridgehead atoms. The summed E-state index contributed by atoms with van der Waals surface area (Å²) in [6, 6.07) is 16.1. The fraction of sp³-hybridized carbons (Fsp3) is 0.500. The van der Waals surface area contributed by atoms with Gasteiger partial charge in [0.05, 0.1) is 12.3 Å². The van der Waals surface area contributed by atoms with Gasteiger partial charge in [-0.3, -0.25) is 14.4 Å². The number of rotatable bonds is 10. The predicted octanol–water partition coefficient (Wildman–Crippen LogP) is 3.19. The summed E-state index contributed by atoms with van der Waals surface area (Å²) in [5.41, 5.74) is 0.157. The highest BCUT2D eigenvalue weighted by Crippen LogP contribution is 2.38. The number of nitrogens with one attached hydrogen (secondary N) is 2. The normalized spacial score (nSPS) is 19.0. The molecule has 1 unspecified atom stereocenters. The van der Waals surface area contributed by atoms with Crippen molar-refractivity contribution in [2.75, 3.05) is 20.1 Å². The highest BCUT2D eigenvalue weighted by Gasteiger charge is 2.54. The van der Waals surface area contributed by atoms with Crippen LogP contribution in [0.3, 0.4) is 0 Å². The van der Waals surface area contributed by atoms with Crippen molar-refractivity contribution in [3.05, 3.63) is 71.3 Å². The van der Waals surface area contributed by atoms with Crippen LogP contribution in [0.25, 0.3) is 0 Å². The summed E-state index contributed by atoms with van der Waals surface area (Å²) >= 11 is 0. The second-order valence-corrected chi connectivity index (χ2v) is 13.4. The van der Waals surface area contributed by atoms with Crippen LogP contribution in [-0.4, -0.2) is 81.9 Å². The largest absolute Gasteiger partial charge is 0.444 e. The number of aliphatic hydroxyl groups is 1. The predicted molar refractivity (Wildman–Crippen MR) is 170 cm³/mol. The van der Waals surface area contributed by atoms with Crippen LogP contribution >= 0.6 is 0 Å². The monoisotopic (exact) mass is 619 g/mol. The molecular formula is C34H45N5O6. The van der Waals surface area contributed by atoms with Gasteiger partial charge in [0.1, 0.15) is 22.6 Å². The molecule has 1 saturated heterocycles. The number of aliphatic hydroxyl groups excluding tert-OH is 1. The van der Waals surface area contributed by atoms with Crippen LogP contribution in [0.15, 0.2) is 59.7 Å². The minimum atomic E-state index is -1.40. The summed E-state index contributed by atoms with van der Waals surface area (Å²) in [4.78, 5) is 55.7. The molecule has 2 aromatic carbocycles. The molecule has 0 saturated carbocycles. The average Bonchev–Trinajstić information content (AvgIpc) is 3.22. The number of carbonyl (C=O) groups is 4. The van der Waals surface area contributed by atoms with Crippen molar-refractivity contribution in [3.8, 4) is 0 Å². The molecule has 4 amide bonds. The second kappa shape index (κ2) is 13.4. The first kappa shape index (κ1) is 33.6. The Bertz CT molecular complexity index is 1450. The summed E-state index contributed by atoms with van der Waals surface area (Å²) in [5, 5.41) is 21.2. The van der Waals surface area contributed by atoms with E-state index >= 15 is 0 Å². The number of hydrogen-bond acceptors (Lipinski definition) is 7. The third-order valence-electron chi connectivity index (χ3n) is 8.24. The number of carbonyl (C=O) groups excluding carboxylic acids is 4. The molecule has 0 spiro atoms. The van der Waals surface area contributed by atoms with E-state index in [4.69, 9.17) is 4.74 Å². The van der Waals surface area contributed by atoms with E-state index in [0.717, 1.165) is 22.4 Å². The molecule has 0 radical (unpaired) electrons. The number of hydrazone groups is 1. The van der Waals surface area contributed by atoms with Crippen molar-refractivity contribution >= 4 is 29.5 Å². The molecule has 0 aliphatic carbocycles. The summed E-state index contributed by atoms with van der Waals surface area (Å²) in [7, 11) is 1.63. The van der Waals surface area contributed by atoms with Gasteiger partial charge in [0.2, 0.25) is 11.8 Å². The van der Waals surface area contributed by atoms with E-state index in [0.29, 0.717) is 25.8 Å². The Hall–Kier alpha value is -4.25. The van der Waals surface area contributed by atoms with E-state index in [1.165, 1.54) is 5.01 Å². The number of piperidine rings is 1. The number of fused-ring (bicyclic) bond motifs is 1. The molecular weight excluding hydrogens is 574 g/mol. The summed E-state index contributed by atoms with van der Waals surface area (Å²) in [5.74, 6) is -1.05. The number of ether oxygens (including phenoxy) is 1. The van der Waals surface area contributed by atoms with Gasteiger partial charge in [-0.05, 0) is 70.6 Å². The van der Waals surface area contributed by atoms with E-state index in [-0.39, 0.29) is 31.4 Å². The van der Waals surface area contributed by atoms with Crippen molar-refractivity contribution in [3.63, 3.8) is 0 Å². The minimum absolute atomic E-state index is 0.127. The molecule has 0 aromatic heterocycles. The van der Waals surface area contributed by atoms with Gasteiger partial charge in [0.25, 0.3) is 5.91 Å². The Morgan fingerprint density at radius 1 is 1.02 bits per heavy atom. The molecule has 2 aliphatic rings. The van der Waals surface area contributed by atoms with E-state index in [1.807, 2.05) is 54.6 Å². The lowest BCUT2D eigenvalue weighted by Gasteiger charge is -2.41. The Morgan fingerprint density at radius 2 is 1.67 bits per heavy atom. The van der Waals surface area contributed by atoms with Crippen LogP contribution in [-0.2, 0) is 38.6 Å². The van der Waals surface area contributed by atoms with Crippen LogP contribution in [0.2, 0.25) is 0 Å². The van der Waals surface area contributed by atoms with Crippen LogP contribution in [0.4, 0.5) is 4.79 Å². The van der Waals surface area contributed by atoms with Gasteiger partial charge in [0, 0.05) is 26.6 Å². The van der Waals surface area contributed by atoms with Crippen LogP contribution < -0.4 is 10.6 Å². The lowest BCUT2D eigenvalue weighted by Crippen LogP contribution is -2.62. The van der Waals surface area contributed by atoms with E-state index in [9.17, 15) is 24.3 Å². The molecule has 242 valence electrons. The first-order chi connectivity index (χ1) is 21.1. The average molecular weight is 620 g/mol. The van der Waals surface area contributed by atoms with Gasteiger partial charge in [0.15, 0.2) is 0 Å². The zero-order valence-corrected chi connectivity index (χ0v) is 27.1. The molecule has 2 heterocycles. The Labute approximate surface area is 265 Å². The van der Waals surface area contributed by atoms with Gasteiger partial charge in [-0.2, -0.15) is 5.10 Å². The Balaban J connectivity index is 1.59. The fourth-order valence-corrected chi connectivity index (χ4v) is 5.90. The van der Waals surface area contributed by atoms with Crippen molar-refractivity contribution in [1.82, 2.24) is 20.5 Å². The van der Waals surface area contributed by atoms with Crippen molar-refractivity contribution in [2.24, 2.45) is 10.5 Å². The second-order valence-electron chi connectivity index (χ2n) is 13.4. The number of hydrogen-bond donors (Lipinski definition) is 3. The van der Waals surface area contributed by atoms with E-state index < -0.39 is 34.6 Å². The van der Waals surface area contributed by atoms with Gasteiger partial charge in [-0.15, -0.1) is 0 Å². The number of likely N-dealkylation sites (tertiary alicyclic amines) is 1. The molecule has 2 atom stereocenters. The third-order valence-corrected chi connectivity index (χ3v) is 8.24. The highest BCUT2D eigenvalue weighted by molar-refractivity contribution is 6.13. The Morgan fingerprint density at radius 3 is 2.31 bits per heavy atom. The smallest absolute Gasteiger partial charge is 0.408 e. The zero-order chi connectivity index (χ0) is 33.0. The molecule has 2 aromatic rings. The number of amides is 4. The van der Waals surface area contributed by atoms with Gasteiger partial charge < -0.3 is 25.4 Å². The number of benzene rings is 2. The van der Waals surface area contributed by atoms with E-state index in [2.05, 4.69) is 15.7 Å². The molecule has 1 fully saturated rings. The SMILES string of the molecule is CN1N=C2CCN(C(=O)C(CCc3ccccc3CO)NC(=O)C(C)(C)NC(=O)OC(C)(C)C)C[C@@]2(Cc2ccccc2)C1=O. The number of alkyl carbamates (subject to hydrolysis) is 1. The molecule has 45 heavy (non-hydrogen) atoms. The summed E-state index contributed by atoms with van der Waals surface area (Å²) in [6.07, 6.45) is 0.713. The summed E-state index contributed by atoms with van der Waals surface area (Å²) in [6.45, 7) is 8.58. The quantitative estimate of drug-likeness (QED) is 0.373. The van der Waals surface area contributed by atoms with Crippen LogP contribution in [0.1, 0.15) is 64.2 Å².